The van der Waals surface area contributed by atoms with Crippen LogP contribution in [-0.2, 0) is 4.79 Å². The van der Waals surface area contributed by atoms with E-state index in [1.54, 1.807) is 0 Å². The number of hydrogen-bond donors (Lipinski definition) is 1. The molecule has 1 aromatic rings. The van der Waals surface area contributed by atoms with Gasteiger partial charge in [-0.25, -0.2) is 4.39 Å². The molecule has 0 spiro atoms. The van der Waals surface area contributed by atoms with Crippen molar-refractivity contribution in [1.29, 1.82) is 0 Å². The first kappa shape index (κ1) is 25.0. The van der Waals surface area contributed by atoms with Gasteiger partial charge in [0.2, 0.25) is 5.91 Å². The van der Waals surface area contributed by atoms with E-state index >= 15 is 0 Å². The summed E-state index contributed by atoms with van der Waals surface area (Å²) in [6.07, 6.45) is 2.16. The third-order valence-electron chi connectivity index (χ3n) is 5.92. The van der Waals surface area contributed by atoms with Crippen LogP contribution in [0.5, 0.6) is 0 Å². The van der Waals surface area contributed by atoms with Gasteiger partial charge in [-0.15, -0.1) is 24.8 Å². The Hall–Kier alpha value is -1.08. The number of carbonyl (C=O) groups is 1. The zero-order valence-corrected chi connectivity index (χ0v) is 18.4. The molecule has 5 nitrogen and oxygen atoms in total. The topological polar surface area (TPSA) is 52.8 Å². The molecule has 2 saturated heterocycles. The largest absolute Gasteiger partial charge is 0.369 e. The number of halogens is 3. The van der Waals surface area contributed by atoms with Crippen molar-refractivity contribution in [2.75, 3.05) is 44.2 Å². The predicted octanol–water partition coefficient (Wildman–Crippen LogP) is 2.77. The van der Waals surface area contributed by atoms with Gasteiger partial charge >= 0.3 is 0 Å². The molecule has 0 aliphatic carbocycles. The first-order valence-electron chi connectivity index (χ1n) is 9.74. The first-order chi connectivity index (χ1) is 12.5. The normalized spacial score (nSPS) is 22.6. The minimum atomic E-state index is -0.210. The van der Waals surface area contributed by atoms with Crippen LogP contribution in [0.25, 0.3) is 0 Å². The Labute approximate surface area is 180 Å². The van der Waals surface area contributed by atoms with Crippen molar-refractivity contribution in [3.8, 4) is 0 Å². The maximum Gasteiger partial charge on any atom is 0.239 e. The summed E-state index contributed by atoms with van der Waals surface area (Å²) in [6, 6.07) is 6.68. The van der Waals surface area contributed by atoms with Gasteiger partial charge in [0.05, 0.1) is 6.04 Å². The molecule has 2 N–H and O–H groups in total. The predicted molar refractivity (Wildman–Crippen MR) is 117 cm³/mol. The van der Waals surface area contributed by atoms with Gasteiger partial charge in [-0.2, -0.15) is 0 Å². The fourth-order valence-corrected chi connectivity index (χ4v) is 4.08. The average Bonchev–Trinajstić information content (AvgIpc) is 2.67. The zero-order valence-electron chi connectivity index (χ0n) is 16.7. The van der Waals surface area contributed by atoms with E-state index in [0.29, 0.717) is 5.92 Å². The molecule has 0 aromatic heterocycles. The Morgan fingerprint density at radius 1 is 1.07 bits per heavy atom. The Balaban J connectivity index is 0.00000196. The smallest absolute Gasteiger partial charge is 0.239 e. The summed E-state index contributed by atoms with van der Waals surface area (Å²) in [6.45, 7) is 9.08. The highest BCUT2D eigenvalue weighted by molar-refractivity contribution is 5.85. The summed E-state index contributed by atoms with van der Waals surface area (Å²) >= 11 is 0. The molecule has 160 valence electrons. The minimum absolute atomic E-state index is 0. The van der Waals surface area contributed by atoms with Gasteiger partial charge in [-0.1, -0.05) is 0 Å². The van der Waals surface area contributed by atoms with E-state index < -0.39 is 0 Å². The molecule has 1 amide bonds. The fraction of sp³-hybridized carbons (Fsp3) is 0.650. The molecule has 3 atom stereocenters. The van der Waals surface area contributed by atoms with Crippen LogP contribution in [0, 0.1) is 11.7 Å². The number of likely N-dealkylation sites (tertiary alicyclic amines) is 1. The zero-order chi connectivity index (χ0) is 18.7. The molecule has 2 fully saturated rings. The van der Waals surface area contributed by atoms with E-state index in [1.165, 1.54) is 12.1 Å². The van der Waals surface area contributed by atoms with Crippen molar-refractivity contribution < 1.29 is 9.18 Å². The molecule has 0 saturated carbocycles. The van der Waals surface area contributed by atoms with Crippen LogP contribution in [-0.4, -0.2) is 67.1 Å². The highest BCUT2D eigenvalue weighted by Gasteiger charge is 2.32. The summed E-state index contributed by atoms with van der Waals surface area (Å²) in [5.41, 5.74) is 7.09. The molecule has 2 heterocycles. The minimum Gasteiger partial charge on any atom is -0.369 e. The third-order valence-corrected chi connectivity index (χ3v) is 5.92. The summed E-state index contributed by atoms with van der Waals surface area (Å²) in [4.78, 5) is 19.5. The number of amides is 1. The number of anilines is 1. The van der Waals surface area contributed by atoms with Gasteiger partial charge in [-0.3, -0.25) is 9.69 Å². The SMILES string of the molecule is CC(N)C1CCCN(C(=O)C(C)N2CCN(c3ccc(F)cc3)CC2)C1.Cl.Cl. The van der Waals surface area contributed by atoms with Crippen LogP contribution in [0.15, 0.2) is 24.3 Å². The number of rotatable bonds is 4. The quantitative estimate of drug-likeness (QED) is 0.791. The number of benzene rings is 1. The van der Waals surface area contributed by atoms with E-state index in [-0.39, 0.29) is 48.6 Å². The van der Waals surface area contributed by atoms with Crippen molar-refractivity contribution in [3.05, 3.63) is 30.1 Å². The number of carbonyl (C=O) groups excluding carboxylic acids is 1. The summed E-state index contributed by atoms with van der Waals surface area (Å²) in [5, 5.41) is 0. The average molecular weight is 435 g/mol. The van der Waals surface area contributed by atoms with Crippen LogP contribution >= 0.6 is 24.8 Å². The molecule has 0 radical (unpaired) electrons. The highest BCUT2D eigenvalue weighted by atomic mass is 35.5. The van der Waals surface area contributed by atoms with Crippen LogP contribution < -0.4 is 10.6 Å². The van der Waals surface area contributed by atoms with Crippen LogP contribution in [0.1, 0.15) is 26.7 Å². The van der Waals surface area contributed by atoms with Crippen molar-refractivity contribution in [2.24, 2.45) is 11.7 Å². The van der Waals surface area contributed by atoms with Crippen LogP contribution in [0.3, 0.4) is 0 Å². The Morgan fingerprint density at radius 3 is 2.25 bits per heavy atom. The summed E-state index contributed by atoms with van der Waals surface area (Å²) in [5.74, 6) is 0.430. The fourth-order valence-electron chi connectivity index (χ4n) is 4.08. The molecule has 2 aliphatic rings. The molecule has 2 aliphatic heterocycles. The van der Waals surface area contributed by atoms with E-state index in [9.17, 15) is 9.18 Å². The monoisotopic (exact) mass is 434 g/mol. The molecule has 3 rings (SSSR count). The Bertz CT molecular complexity index is 609. The van der Waals surface area contributed by atoms with Gasteiger partial charge in [0, 0.05) is 51.0 Å². The van der Waals surface area contributed by atoms with E-state index in [0.717, 1.165) is 57.8 Å². The van der Waals surface area contributed by atoms with E-state index in [4.69, 9.17) is 5.73 Å². The van der Waals surface area contributed by atoms with Gasteiger partial charge in [0.15, 0.2) is 0 Å². The standard InChI is InChI=1S/C20H31FN4O.2ClH/c1-15(22)17-4-3-9-25(14-17)20(26)16(2)23-10-12-24(13-11-23)19-7-5-18(21)6-8-19;;/h5-8,15-17H,3-4,9-14,22H2,1-2H3;2*1H. The number of nitrogens with zero attached hydrogens (tertiary/aromatic N) is 3. The lowest BCUT2D eigenvalue weighted by Crippen LogP contribution is -2.56. The molecule has 8 heteroatoms. The van der Waals surface area contributed by atoms with Gasteiger partial charge in [-0.05, 0) is 56.9 Å². The molecule has 0 bridgehead atoms. The number of hydrogen-bond acceptors (Lipinski definition) is 4. The lowest BCUT2D eigenvalue weighted by Gasteiger charge is -2.41. The van der Waals surface area contributed by atoms with Gasteiger partial charge in [0.25, 0.3) is 0 Å². The number of piperidine rings is 1. The second-order valence-electron chi connectivity index (χ2n) is 7.72. The van der Waals surface area contributed by atoms with E-state index in [1.807, 2.05) is 30.9 Å². The van der Waals surface area contributed by atoms with Crippen LogP contribution in [0.2, 0.25) is 0 Å². The molecule has 1 aromatic carbocycles. The van der Waals surface area contributed by atoms with E-state index in [2.05, 4.69) is 9.80 Å². The summed E-state index contributed by atoms with van der Waals surface area (Å²) < 4.78 is 13.1. The van der Waals surface area contributed by atoms with Crippen molar-refractivity contribution in [3.63, 3.8) is 0 Å². The second-order valence-corrected chi connectivity index (χ2v) is 7.72. The van der Waals surface area contributed by atoms with Gasteiger partial charge < -0.3 is 15.5 Å². The van der Waals surface area contributed by atoms with Crippen molar-refractivity contribution in [1.82, 2.24) is 9.80 Å². The van der Waals surface area contributed by atoms with Crippen LogP contribution in [0.4, 0.5) is 10.1 Å². The lowest BCUT2D eigenvalue weighted by atomic mass is 9.92. The lowest BCUT2D eigenvalue weighted by molar-refractivity contribution is -0.138. The first-order valence-corrected chi connectivity index (χ1v) is 9.74. The molecule has 28 heavy (non-hydrogen) atoms. The Morgan fingerprint density at radius 2 is 1.68 bits per heavy atom. The summed E-state index contributed by atoms with van der Waals surface area (Å²) in [7, 11) is 0. The van der Waals surface area contributed by atoms with Crippen molar-refractivity contribution >= 4 is 36.4 Å². The highest BCUT2D eigenvalue weighted by Crippen LogP contribution is 2.22. The van der Waals surface area contributed by atoms with Crippen molar-refractivity contribution in [2.45, 2.75) is 38.8 Å². The molecular weight excluding hydrogens is 402 g/mol. The molecule has 3 unspecified atom stereocenters. The number of piperazine rings is 1. The third kappa shape index (κ3) is 5.96. The second kappa shape index (κ2) is 11.2. The maximum atomic E-state index is 13.1. The Kier molecular flexibility index (Phi) is 9.98. The maximum absolute atomic E-state index is 13.1. The van der Waals surface area contributed by atoms with Gasteiger partial charge in [0.1, 0.15) is 5.82 Å². The number of nitrogens with two attached hydrogens (primary N) is 1. The molecular formula is C20H33Cl2FN4O.